The summed E-state index contributed by atoms with van der Waals surface area (Å²) < 4.78 is 15.7. The van der Waals surface area contributed by atoms with Gasteiger partial charge in [0, 0.05) is 23.9 Å². The molecule has 24 heavy (non-hydrogen) atoms. The van der Waals surface area contributed by atoms with E-state index in [1.54, 1.807) is 22.9 Å². The minimum Gasteiger partial charge on any atom is -0.396 e. The zero-order valence-electron chi connectivity index (χ0n) is 13.9. The van der Waals surface area contributed by atoms with Crippen LogP contribution < -0.4 is 5.32 Å². The largest absolute Gasteiger partial charge is 0.396 e. The predicted molar refractivity (Wildman–Crippen MR) is 88.7 cm³/mol. The van der Waals surface area contributed by atoms with Crippen molar-refractivity contribution < 1.29 is 14.3 Å². The van der Waals surface area contributed by atoms with Crippen LogP contribution in [-0.4, -0.2) is 33.4 Å². The Labute approximate surface area is 140 Å². The number of nitrogens with one attached hydrogen (secondary N) is 1. The van der Waals surface area contributed by atoms with E-state index >= 15 is 0 Å². The fourth-order valence-electron chi connectivity index (χ4n) is 3.02. The van der Waals surface area contributed by atoms with Crippen LogP contribution >= 0.6 is 0 Å². The number of hydrogen-bond acceptors (Lipinski definition) is 3. The molecule has 0 radical (unpaired) electrons. The maximum Gasteiger partial charge on any atom is 0.272 e. The molecule has 0 aliphatic heterocycles. The van der Waals surface area contributed by atoms with Gasteiger partial charge in [-0.05, 0) is 44.2 Å². The molecular formula is C18H22FN3O2. The van der Waals surface area contributed by atoms with E-state index in [1.807, 2.05) is 13.8 Å². The van der Waals surface area contributed by atoms with Crippen LogP contribution in [0.3, 0.4) is 0 Å². The molecule has 0 saturated heterocycles. The Kier molecular flexibility index (Phi) is 4.66. The summed E-state index contributed by atoms with van der Waals surface area (Å²) in [5, 5.41) is 16.5. The number of rotatable bonds is 5. The Balaban J connectivity index is 1.95. The number of aliphatic hydroxyl groups is 1. The minimum atomic E-state index is -0.357. The van der Waals surface area contributed by atoms with E-state index in [9.17, 15) is 14.3 Å². The number of aromatic nitrogens is 2. The van der Waals surface area contributed by atoms with E-state index in [4.69, 9.17) is 0 Å². The quantitative estimate of drug-likeness (QED) is 0.883. The maximum absolute atomic E-state index is 14.1. The van der Waals surface area contributed by atoms with E-state index in [-0.39, 0.29) is 30.3 Å². The first-order valence-electron chi connectivity index (χ1n) is 8.30. The van der Waals surface area contributed by atoms with Gasteiger partial charge in [0.25, 0.3) is 5.91 Å². The standard InChI is InChI=1S/C18H22FN3O2/c1-11(10-23)12(2)20-18(24)17-13-6-5-9-15(13)22(21-17)16-8-4-3-7-14(16)19/h3-4,7-8,11-12,23H,5-6,9-10H2,1-2H3,(H,20,24). The lowest BCUT2D eigenvalue weighted by molar-refractivity contribution is 0.0910. The molecule has 1 aliphatic carbocycles. The van der Waals surface area contributed by atoms with Crippen LogP contribution in [0.25, 0.3) is 5.69 Å². The molecule has 128 valence electrons. The molecule has 1 aromatic carbocycles. The maximum atomic E-state index is 14.1. The smallest absolute Gasteiger partial charge is 0.272 e. The number of benzene rings is 1. The van der Waals surface area contributed by atoms with Gasteiger partial charge in [-0.15, -0.1) is 0 Å². The summed E-state index contributed by atoms with van der Waals surface area (Å²) >= 11 is 0. The summed E-state index contributed by atoms with van der Waals surface area (Å²) in [5.41, 5.74) is 2.54. The molecule has 1 aromatic heterocycles. The minimum absolute atomic E-state index is 0.00320. The highest BCUT2D eigenvalue weighted by Gasteiger charge is 2.28. The van der Waals surface area contributed by atoms with Crippen LogP contribution in [0.1, 0.15) is 42.0 Å². The number of amides is 1. The first kappa shape index (κ1) is 16.6. The van der Waals surface area contributed by atoms with E-state index < -0.39 is 0 Å². The average molecular weight is 331 g/mol. The molecule has 0 spiro atoms. The van der Waals surface area contributed by atoms with Crippen molar-refractivity contribution >= 4 is 5.91 Å². The lowest BCUT2D eigenvalue weighted by Crippen LogP contribution is -2.38. The summed E-state index contributed by atoms with van der Waals surface area (Å²) in [4.78, 5) is 12.6. The van der Waals surface area contributed by atoms with Crippen molar-refractivity contribution in [1.29, 1.82) is 0 Å². The Morgan fingerprint density at radius 2 is 2.12 bits per heavy atom. The molecule has 5 nitrogen and oxygen atoms in total. The Morgan fingerprint density at radius 1 is 1.38 bits per heavy atom. The summed E-state index contributed by atoms with van der Waals surface area (Å²) in [5.74, 6) is -0.671. The zero-order valence-corrected chi connectivity index (χ0v) is 13.9. The molecule has 2 aromatic rings. The topological polar surface area (TPSA) is 67.2 Å². The Hall–Kier alpha value is -2.21. The van der Waals surface area contributed by atoms with Gasteiger partial charge in [0.1, 0.15) is 11.5 Å². The van der Waals surface area contributed by atoms with Gasteiger partial charge in [0.15, 0.2) is 5.69 Å². The predicted octanol–water partition coefficient (Wildman–Crippen LogP) is 2.25. The van der Waals surface area contributed by atoms with Crippen molar-refractivity contribution in [1.82, 2.24) is 15.1 Å². The van der Waals surface area contributed by atoms with Gasteiger partial charge in [-0.1, -0.05) is 19.1 Å². The van der Waals surface area contributed by atoms with Gasteiger partial charge < -0.3 is 10.4 Å². The van der Waals surface area contributed by atoms with Gasteiger partial charge in [-0.25, -0.2) is 9.07 Å². The van der Waals surface area contributed by atoms with E-state index in [1.165, 1.54) is 6.07 Å². The van der Waals surface area contributed by atoms with E-state index in [0.29, 0.717) is 11.4 Å². The molecule has 6 heteroatoms. The van der Waals surface area contributed by atoms with Crippen LogP contribution in [0.4, 0.5) is 4.39 Å². The monoisotopic (exact) mass is 331 g/mol. The Morgan fingerprint density at radius 3 is 2.83 bits per heavy atom. The number of hydrogen-bond donors (Lipinski definition) is 2. The molecular weight excluding hydrogens is 309 g/mol. The van der Waals surface area contributed by atoms with E-state index in [0.717, 1.165) is 30.5 Å². The van der Waals surface area contributed by atoms with Gasteiger partial charge >= 0.3 is 0 Å². The Bertz CT molecular complexity index is 757. The molecule has 0 bridgehead atoms. The summed E-state index contributed by atoms with van der Waals surface area (Å²) in [7, 11) is 0. The highest BCUT2D eigenvalue weighted by Crippen LogP contribution is 2.28. The van der Waals surface area contributed by atoms with Crippen LogP contribution in [-0.2, 0) is 12.8 Å². The number of carbonyl (C=O) groups is 1. The first-order valence-corrected chi connectivity index (χ1v) is 8.30. The SMILES string of the molecule is CC(CO)C(C)NC(=O)c1nn(-c2ccccc2F)c2c1CCC2. The molecule has 0 saturated carbocycles. The summed E-state index contributed by atoms with van der Waals surface area (Å²) in [6.45, 7) is 3.73. The summed E-state index contributed by atoms with van der Waals surface area (Å²) in [6.07, 6.45) is 2.49. The number of aliphatic hydroxyl groups excluding tert-OH is 1. The zero-order chi connectivity index (χ0) is 17.3. The molecule has 2 atom stereocenters. The van der Waals surface area contributed by atoms with Crippen LogP contribution in [0.5, 0.6) is 0 Å². The third-order valence-electron chi connectivity index (χ3n) is 4.73. The fourth-order valence-corrected chi connectivity index (χ4v) is 3.02. The van der Waals surface area contributed by atoms with Crippen molar-refractivity contribution in [2.24, 2.45) is 5.92 Å². The molecule has 0 fully saturated rings. The lowest BCUT2D eigenvalue weighted by atomic mass is 10.0. The second-order valence-electron chi connectivity index (χ2n) is 6.41. The van der Waals surface area contributed by atoms with Crippen molar-refractivity contribution in [3.63, 3.8) is 0 Å². The molecule has 2 N–H and O–H groups in total. The van der Waals surface area contributed by atoms with Crippen LogP contribution in [0.15, 0.2) is 24.3 Å². The first-order chi connectivity index (χ1) is 11.5. The van der Waals surface area contributed by atoms with E-state index in [2.05, 4.69) is 10.4 Å². The van der Waals surface area contributed by atoms with Gasteiger partial charge in [0.2, 0.25) is 0 Å². The van der Waals surface area contributed by atoms with Gasteiger partial charge in [0.05, 0.1) is 0 Å². The van der Waals surface area contributed by atoms with Crippen molar-refractivity contribution in [3.05, 3.63) is 47.0 Å². The second kappa shape index (κ2) is 6.73. The molecule has 3 rings (SSSR count). The third kappa shape index (κ3) is 2.94. The normalized spacial score (nSPS) is 15.8. The number of halogens is 1. The van der Waals surface area contributed by atoms with Gasteiger partial charge in [-0.2, -0.15) is 5.10 Å². The van der Waals surface area contributed by atoms with Crippen LogP contribution in [0, 0.1) is 11.7 Å². The van der Waals surface area contributed by atoms with Crippen LogP contribution in [0.2, 0.25) is 0 Å². The van der Waals surface area contributed by atoms with Crippen molar-refractivity contribution in [2.75, 3.05) is 6.61 Å². The van der Waals surface area contributed by atoms with Crippen molar-refractivity contribution in [2.45, 2.75) is 39.2 Å². The van der Waals surface area contributed by atoms with Gasteiger partial charge in [-0.3, -0.25) is 4.79 Å². The second-order valence-corrected chi connectivity index (χ2v) is 6.41. The highest BCUT2D eigenvalue weighted by molar-refractivity contribution is 5.94. The highest BCUT2D eigenvalue weighted by atomic mass is 19.1. The fraction of sp³-hybridized carbons (Fsp3) is 0.444. The lowest BCUT2D eigenvalue weighted by Gasteiger charge is -2.18. The number of para-hydroxylation sites is 1. The molecule has 1 heterocycles. The summed E-state index contributed by atoms with van der Waals surface area (Å²) in [6, 6.07) is 6.28. The van der Waals surface area contributed by atoms with Crippen molar-refractivity contribution in [3.8, 4) is 5.69 Å². The number of fused-ring (bicyclic) bond motifs is 1. The molecule has 2 unspecified atom stereocenters. The third-order valence-corrected chi connectivity index (χ3v) is 4.73. The number of carbonyl (C=O) groups excluding carboxylic acids is 1. The molecule has 1 aliphatic rings. The molecule has 1 amide bonds. The number of nitrogens with zero attached hydrogens (tertiary/aromatic N) is 2. The average Bonchev–Trinajstić information content (AvgIpc) is 3.17.